The fraction of sp³-hybridized carbons (Fsp3) is 0.379. The minimum absolute atomic E-state index is 0.206. The lowest BCUT2D eigenvalue weighted by Crippen LogP contribution is -2.63. The van der Waals surface area contributed by atoms with Gasteiger partial charge in [0.15, 0.2) is 0 Å². The van der Waals surface area contributed by atoms with E-state index in [9.17, 15) is 14.4 Å². The van der Waals surface area contributed by atoms with Crippen LogP contribution in [0.2, 0.25) is 0 Å². The Morgan fingerprint density at radius 3 is 2.46 bits per heavy atom. The van der Waals surface area contributed by atoms with Crippen molar-refractivity contribution >= 4 is 39.9 Å². The van der Waals surface area contributed by atoms with Gasteiger partial charge in [-0.1, -0.05) is 32.9 Å². The van der Waals surface area contributed by atoms with Gasteiger partial charge in [-0.25, -0.2) is 9.78 Å². The summed E-state index contributed by atoms with van der Waals surface area (Å²) in [6.07, 6.45) is 1.72. The van der Waals surface area contributed by atoms with Gasteiger partial charge in [-0.15, -0.1) is 11.3 Å². The molecule has 39 heavy (non-hydrogen) atoms. The smallest absolute Gasteiger partial charge is 0.324 e. The number of methoxy groups -OCH3 is 1. The van der Waals surface area contributed by atoms with Gasteiger partial charge in [0.05, 0.1) is 12.7 Å². The van der Waals surface area contributed by atoms with Crippen LogP contribution >= 0.6 is 11.3 Å². The second kappa shape index (κ2) is 10.7. The summed E-state index contributed by atoms with van der Waals surface area (Å²) in [5, 5.41) is 9.10. The molecule has 206 valence electrons. The first-order valence-electron chi connectivity index (χ1n) is 12.7. The Labute approximate surface area is 233 Å². The van der Waals surface area contributed by atoms with E-state index in [1.807, 2.05) is 37.3 Å². The van der Waals surface area contributed by atoms with E-state index in [1.165, 1.54) is 11.3 Å². The summed E-state index contributed by atoms with van der Waals surface area (Å²) in [4.78, 5) is 46.2. The minimum atomic E-state index is -1.01. The number of aryl methyl sites for hydroxylation is 1. The standard InChI is InChI=1S/C29H35N5O4S/c1-17-8-9-18(19-10-11-23(38-7)31-16-19)14-21(17)32-27(37)33-24-20(15-22(39-24)28(2,3)4)25(35)34-13-12-30-26(36)29(34,5)6/h8-11,14-16H,12-13H2,1-7H3,(H,30,36)(H2,32,33,37). The Morgan fingerprint density at radius 1 is 1.10 bits per heavy atom. The monoisotopic (exact) mass is 549 g/mol. The number of carbonyl (C=O) groups is 3. The molecule has 3 heterocycles. The van der Waals surface area contributed by atoms with Gasteiger partial charge in [0.2, 0.25) is 11.8 Å². The molecule has 0 radical (unpaired) electrons. The molecule has 4 amide bonds. The minimum Gasteiger partial charge on any atom is -0.481 e. The Kier molecular flexibility index (Phi) is 7.70. The Bertz CT molecular complexity index is 1410. The van der Waals surface area contributed by atoms with Gasteiger partial charge < -0.3 is 20.3 Å². The van der Waals surface area contributed by atoms with E-state index in [0.717, 1.165) is 21.6 Å². The summed E-state index contributed by atoms with van der Waals surface area (Å²) in [6, 6.07) is 10.8. The van der Waals surface area contributed by atoms with Crippen molar-refractivity contribution in [3.63, 3.8) is 0 Å². The van der Waals surface area contributed by atoms with E-state index in [0.29, 0.717) is 35.2 Å². The largest absolute Gasteiger partial charge is 0.481 e. The molecule has 0 bridgehead atoms. The number of nitrogens with zero attached hydrogens (tertiary/aromatic N) is 2. The molecule has 1 aliphatic heterocycles. The molecule has 3 N–H and O–H groups in total. The Hall–Kier alpha value is -3.92. The molecular weight excluding hydrogens is 514 g/mol. The summed E-state index contributed by atoms with van der Waals surface area (Å²) in [7, 11) is 1.57. The lowest BCUT2D eigenvalue weighted by atomic mass is 9.93. The van der Waals surface area contributed by atoms with Crippen molar-refractivity contribution in [2.45, 2.75) is 52.5 Å². The predicted molar refractivity (Wildman–Crippen MR) is 155 cm³/mol. The number of benzene rings is 1. The van der Waals surface area contributed by atoms with Gasteiger partial charge >= 0.3 is 6.03 Å². The highest BCUT2D eigenvalue weighted by atomic mass is 32.1. The van der Waals surface area contributed by atoms with Gasteiger partial charge in [-0.3, -0.25) is 14.9 Å². The van der Waals surface area contributed by atoms with E-state index < -0.39 is 11.6 Å². The summed E-state index contributed by atoms with van der Waals surface area (Å²) in [5.74, 6) is 0.0261. The second-order valence-corrected chi connectivity index (χ2v) is 12.1. The highest BCUT2D eigenvalue weighted by Gasteiger charge is 2.42. The van der Waals surface area contributed by atoms with Crippen molar-refractivity contribution < 1.29 is 19.1 Å². The van der Waals surface area contributed by atoms with E-state index in [1.54, 1.807) is 38.1 Å². The maximum atomic E-state index is 13.7. The van der Waals surface area contributed by atoms with Crippen LogP contribution in [-0.4, -0.2) is 53.5 Å². The van der Waals surface area contributed by atoms with E-state index in [2.05, 4.69) is 41.7 Å². The van der Waals surface area contributed by atoms with E-state index in [-0.39, 0.29) is 17.2 Å². The third kappa shape index (κ3) is 5.90. The summed E-state index contributed by atoms with van der Waals surface area (Å²) < 4.78 is 5.14. The highest BCUT2D eigenvalue weighted by molar-refractivity contribution is 7.16. The van der Waals surface area contributed by atoms with Gasteiger partial charge in [-0.05, 0) is 55.5 Å². The number of thiophene rings is 1. The lowest BCUT2D eigenvalue weighted by Gasteiger charge is -2.41. The zero-order valence-electron chi connectivity index (χ0n) is 23.4. The fourth-order valence-corrected chi connectivity index (χ4v) is 5.38. The maximum absolute atomic E-state index is 13.7. The topological polar surface area (TPSA) is 113 Å². The predicted octanol–water partition coefficient (Wildman–Crippen LogP) is 5.42. The van der Waals surface area contributed by atoms with Crippen LogP contribution < -0.4 is 20.7 Å². The molecule has 0 spiro atoms. The van der Waals surface area contributed by atoms with Crippen LogP contribution in [0.1, 0.15) is 55.4 Å². The van der Waals surface area contributed by atoms with Crippen LogP contribution in [0.3, 0.4) is 0 Å². The van der Waals surface area contributed by atoms with Crippen molar-refractivity contribution in [1.82, 2.24) is 15.2 Å². The fourth-order valence-electron chi connectivity index (χ4n) is 4.28. The molecule has 2 aromatic heterocycles. The molecule has 3 aromatic rings. The van der Waals surface area contributed by atoms with Gasteiger partial charge in [0, 0.05) is 41.5 Å². The third-order valence-electron chi connectivity index (χ3n) is 6.79. The van der Waals surface area contributed by atoms with Crippen LogP contribution in [-0.2, 0) is 10.2 Å². The maximum Gasteiger partial charge on any atom is 0.324 e. The first kappa shape index (κ1) is 28.1. The summed E-state index contributed by atoms with van der Waals surface area (Å²) in [5.41, 5.74) is 2.42. The third-order valence-corrected chi connectivity index (χ3v) is 8.27. The molecule has 0 atom stereocenters. The zero-order valence-corrected chi connectivity index (χ0v) is 24.2. The molecule has 4 rings (SSSR count). The number of hydrogen-bond acceptors (Lipinski definition) is 6. The van der Waals surface area contributed by atoms with Crippen LogP contribution in [0.15, 0.2) is 42.6 Å². The number of rotatable bonds is 5. The first-order valence-corrected chi connectivity index (χ1v) is 13.6. The number of ether oxygens (including phenoxy) is 1. The summed E-state index contributed by atoms with van der Waals surface area (Å²) >= 11 is 1.37. The Morgan fingerprint density at radius 2 is 1.82 bits per heavy atom. The van der Waals surface area contributed by atoms with Crippen molar-refractivity contribution in [1.29, 1.82) is 0 Å². The molecule has 1 aromatic carbocycles. The number of urea groups is 1. The number of amides is 4. The van der Waals surface area contributed by atoms with E-state index in [4.69, 9.17) is 4.74 Å². The van der Waals surface area contributed by atoms with Crippen molar-refractivity contribution in [3.05, 3.63) is 58.6 Å². The molecule has 0 unspecified atom stereocenters. The number of hydrogen-bond donors (Lipinski definition) is 3. The van der Waals surface area contributed by atoms with Crippen LogP contribution in [0.25, 0.3) is 11.1 Å². The van der Waals surface area contributed by atoms with Crippen LogP contribution in [0.5, 0.6) is 5.88 Å². The van der Waals surface area contributed by atoms with Gasteiger partial charge in [0.1, 0.15) is 10.5 Å². The molecule has 1 aliphatic rings. The number of carbonyl (C=O) groups excluding carboxylic acids is 3. The summed E-state index contributed by atoms with van der Waals surface area (Å²) in [6.45, 7) is 12.3. The lowest BCUT2D eigenvalue weighted by molar-refractivity contribution is -0.133. The van der Waals surface area contributed by atoms with Crippen molar-refractivity contribution in [2.24, 2.45) is 0 Å². The number of anilines is 2. The van der Waals surface area contributed by atoms with Crippen molar-refractivity contribution in [3.8, 4) is 17.0 Å². The molecule has 1 fully saturated rings. The highest BCUT2D eigenvalue weighted by Crippen LogP contribution is 2.38. The molecule has 0 saturated carbocycles. The molecule has 9 nitrogen and oxygen atoms in total. The van der Waals surface area contributed by atoms with Crippen LogP contribution in [0, 0.1) is 6.92 Å². The number of pyridine rings is 1. The van der Waals surface area contributed by atoms with E-state index >= 15 is 0 Å². The quantitative estimate of drug-likeness (QED) is 0.393. The van der Waals surface area contributed by atoms with Gasteiger partial charge in [0.25, 0.3) is 5.91 Å². The average molecular weight is 550 g/mol. The second-order valence-electron chi connectivity index (χ2n) is 11.1. The number of piperazine rings is 1. The molecular formula is C29H35N5O4S. The van der Waals surface area contributed by atoms with Crippen molar-refractivity contribution in [2.75, 3.05) is 30.8 Å². The zero-order chi connectivity index (χ0) is 28.5. The Balaban J connectivity index is 1.60. The molecule has 0 aliphatic carbocycles. The van der Waals surface area contributed by atoms with Crippen LogP contribution in [0.4, 0.5) is 15.5 Å². The van der Waals surface area contributed by atoms with Gasteiger partial charge in [-0.2, -0.15) is 0 Å². The molecule has 10 heteroatoms. The number of aromatic nitrogens is 1. The number of nitrogens with one attached hydrogen (secondary N) is 3. The molecule has 1 saturated heterocycles. The first-order chi connectivity index (χ1) is 18.3. The average Bonchev–Trinajstić information content (AvgIpc) is 3.31. The normalized spacial score (nSPS) is 14.9. The SMILES string of the molecule is COc1ccc(-c2ccc(C)c(NC(=O)Nc3sc(C(C)(C)C)cc3C(=O)N3CCNC(=O)C3(C)C)c2)cn1.